The number of benzene rings is 2. The molecule has 0 unspecified atom stereocenters. The van der Waals surface area contributed by atoms with E-state index < -0.39 is 41.3 Å². The monoisotopic (exact) mass is 852 g/mol. The second-order valence-electron chi connectivity index (χ2n) is 20.1. The van der Waals surface area contributed by atoms with E-state index in [-0.39, 0.29) is 72.5 Å². The molecule has 2 saturated heterocycles. The van der Waals surface area contributed by atoms with Crippen LogP contribution in [0, 0.1) is 34.5 Å². The highest BCUT2D eigenvalue weighted by atomic mass is 35.5. The van der Waals surface area contributed by atoms with E-state index in [1.165, 1.54) is 0 Å². The zero-order valence-corrected chi connectivity index (χ0v) is 37.9. The van der Waals surface area contributed by atoms with Gasteiger partial charge in [-0.1, -0.05) is 115 Å². The van der Waals surface area contributed by atoms with Crippen LogP contribution in [0.2, 0.25) is 0 Å². The molecule has 4 fully saturated rings. The van der Waals surface area contributed by atoms with Crippen molar-refractivity contribution in [1.29, 1.82) is 0 Å². The van der Waals surface area contributed by atoms with Gasteiger partial charge in [0.25, 0.3) is 0 Å². The number of likely N-dealkylation sites (tertiary alicyclic amines) is 2. The molecule has 2 aromatic carbocycles. The first-order valence-corrected chi connectivity index (χ1v) is 21.4. The van der Waals surface area contributed by atoms with Crippen LogP contribution in [0.4, 0.5) is 4.79 Å². The molecule has 2 aliphatic heterocycles. The Labute approximate surface area is 363 Å². The maximum absolute atomic E-state index is 13.8. The van der Waals surface area contributed by atoms with E-state index >= 15 is 0 Å². The molecular formula is C47H69ClN4O8. The Hall–Kier alpha value is -4.16. The fourth-order valence-electron chi connectivity index (χ4n) is 9.09. The summed E-state index contributed by atoms with van der Waals surface area (Å²) in [5.74, 6) is -0.0817. The molecule has 332 valence electrons. The van der Waals surface area contributed by atoms with Gasteiger partial charge in [-0.2, -0.15) is 0 Å². The Morgan fingerprint density at radius 1 is 0.650 bits per heavy atom. The summed E-state index contributed by atoms with van der Waals surface area (Å²) < 4.78 is 16.7. The summed E-state index contributed by atoms with van der Waals surface area (Å²) in [4.78, 5) is 68.8. The van der Waals surface area contributed by atoms with E-state index in [9.17, 15) is 24.0 Å². The fraction of sp³-hybridized carbons (Fsp3) is 0.638. The molecule has 3 amide bonds. The van der Waals surface area contributed by atoms with Gasteiger partial charge in [-0.3, -0.25) is 9.59 Å². The number of nitrogens with zero attached hydrogens (tertiary/aromatic N) is 2. The second kappa shape index (κ2) is 20.1. The summed E-state index contributed by atoms with van der Waals surface area (Å²) in [6.45, 7) is 18.4. The van der Waals surface area contributed by atoms with Crippen LogP contribution in [0.1, 0.15) is 112 Å². The van der Waals surface area contributed by atoms with Crippen molar-refractivity contribution in [3.63, 3.8) is 0 Å². The Balaban J connectivity index is 0.000000267. The minimum absolute atomic E-state index is 0. The van der Waals surface area contributed by atoms with Gasteiger partial charge in [0.05, 0.1) is 6.04 Å². The van der Waals surface area contributed by atoms with E-state index in [1.54, 1.807) is 30.6 Å². The lowest BCUT2D eigenvalue weighted by atomic mass is 9.85. The minimum Gasteiger partial charge on any atom is -0.459 e. The van der Waals surface area contributed by atoms with Crippen LogP contribution in [0.15, 0.2) is 60.7 Å². The highest BCUT2D eigenvalue weighted by Gasteiger charge is 2.53. The molecule has 0 spiro atoms. The topological polar surface area (TPSA) is 158 Å². The van der Waals surface area contributed by atoms with E-state index in [0.29, 0.717) is 19.0 Å². The predicted octanol–water partition coefficient (Wildman–Crippen LogP) is 7.45. The molecule has 13 heteroatoms. The molecular weight excluding hydrogens is 784 g/mol. The third-order valence-corrected chi connectivity index (χ3v) is 12.3. The molecule has 60 heavy (non-hydrogen) atoms. The SMILES string of the molecule is CC(C)(C)OC(=O)N[C@H](C(=O)N1C[C@@H]2CCC[C@@H]2[C@H]1C(=O)OCc1ccccc1)C(C)(C)C.CC(C)(C)[C@H](N)C(=O)N1C[C@@H]2CCC[C@@H]2[C@H]1C(=O)OCc1ccccc1.Cl. The van der Waals surface area contributed by atoms with E-state index in [0.717, 1.165) is 49.7 Å². The number of esters is 2. The van der Waals surface area contributed by atoms with Gasteiger partial charge in [0.15, 0.2) is 0 Å². The maximum atomic E-state index is 13.8. The largest absolute Gasteiger partial charge is 0.459 e. The highest BCUT2D eigenvalue weighted by molar-refractivity contribution is 5.91. The molecule has 0 bridgehead atoms. The number of carbonyl (C=O) groups is 5. The molecule has 0 aromatic heterocycles. The quantitative estimate of drug-likeness (QED) is 0.193. The van der Waals surface area contributed by atoms with Gasteiger partial charge in [-0.25, -0.2) is 14.4 Å². The van der Waals surface area contributed by atoms with E-state index in [2.05, 4.69) is 5.32 Å². The zero-order valence-electron chi connectivity index (χ0n) is 37.1. The summed E-state index contributed by atoms with van der Waals surface area (Å²) in [5, 5.41) is 2.77. The zero-order chi connectivity index (χ0) is 43.3. The van der Waals surface area contributed by atoms with Gasteiger partial charge < -0.3 is 35.1 Å². The summed E-state index contributed by atoms with van der Waals surface area (Å²) in [7, 11) is 0. The number of alkyl carbamates (subject to hydrolysis) is 1. The number of hydrogen-bond acceptors (Lipinski definition) is 9. The van der Waals surface area contributed by atoms with Crippen LogP contribution in [0.25, 0.3) is 0 Å². The number of halogens is 1. The van der Waals surface area contributed by atoms with Gasteiger partial charge in [0.2, 0.25) is 11.8 Å². The lowest BCUT2D eigenvalue weighted by Crippen LogP contribution is -2.58. The number of ether oxygens (including phenoxy) is 3. The van der Waals surface area contributed by atoms with Gasteiger partial charge in [-0.15, -0.1) is 12.4 Å². The molecule has 2 heterocycles. The van der Waals surface area contributed by atoms with Crippen molar-refractivity contribution in [3.05, 3.63) is 71.8 Å². The Bertz CT molecular complexity index is 1770. The average molecular weight is 854 g/mol. The van der Waals surface area contributed by atoms with Gasteiger partial charge in [0.1, 0.15) is 36.9 Å². The summed E-state index contributed by atoms with van der Waals surface area (Å²) in [6.07, 6.45) is 5.48. The summed E-state index contributed by atoms with van der Waals surface area (Å²) >= 11 is 0. The van der Waals surface area contributed by atoms with Crippen LogP contribution >= 0.6 is 12.4 Å². The van der Waals surface area contributed by atoms with Crippen LogP contribution < -0.4 is 11.1 Å². The minimum atomic E-state index is -0.824. The second-order valence-corrected chi connectivity index (χ2v) is 20.1. The fourth-order valence-corrected chi connectivity index (χ4v) is 9.09. The molecule has 6 rings (SSSR count). The summed E-state index contributed by atoms with van der Waals surface area (Å²) in [6, 6.07) is 16.6. The van der Waals surface area contributed by atoms with Crippen molar-refractivity contribution < 1.29 is 38.2 Å². The lowest BCUT2D eigenvalue weighted by molar-refractivity contribution is -0.157. The first kappa shape index (κ1) is 48.5. The van der Waals surface area contributed by atoms with Crippen LogP contribution in [0.5, 0.6) is 0 Å². The van der Waals surface area contributed by atoms with Crippen molar-refractivity contribution in [1.82, 2.24) is 15.1 Å². The van der Waals surface area contributed by atoms with Crippen molar-refractivity contribution in [3.8, 4) is 0 Å². The number of nitrogens with one attached hydrogen (secondary N) is 1. The van der Waals surface area contributed by atoms with E-state index in [4.69, 9.17) is 19.9 Å². The number of hydrogen-bond donors (Lipinski definition) is 2. The molecule has 4 aliphatic rings. The lowest BCUT2D eigenvalue weighted by Gasteiger charge is -2.36. The van der Waals surface area contributed by atoms with Crippen molar-refractivity contribution >= 4 is 42.3 Å². The Morgan fingerprint density at radius 2 is 1.07 bits per heavy atom. The van der Waals surface area contributed by atoms with Gasteiger partial charge in [0, 0.05) is 13.1 Å². The highest BCUT2D eigenvalue weighted by Crippen LogP contribution is 2.45. The third kappa shape index (κ3) is 12.2. The number of rotatable bonds is 9. The van der Waals surface area contributed by atoms with Crippen LogP contribution in [-0.2, 0) is 46.6 Å². The van der Waals surface area contributed by atoms with E-state index in [1.807, 2.05) is 102 Å². The number of nitrogens with two attached hydrogens (primary N) is 1. The molecule has 12 nitrogen and oxygen atoms in total. The molecule has 8 atom stereocenters. The first-order valence-electron chi connectivity index (χ1n) is 21.4. The van der Waals surface area contributed by atoms with Crippen LogP contribution in [0.3, 0.4) is 0 Å². The van der Waals surface area contributed by atoms with Crippen LogP contribution in [-0.4, -0.2) is 82.5 Å². The summed E-state index contributed by atoms with van der Waals surface area (Å²) in [5.41, 5.74) is 6.48. The molecule has 3 N–H and O–H groups in total. The molecule has 0 radical (unpaired) electrons. The Kier molecular flexibility index (Phi) is 16.3. The smallest absolute Gasteiger partial charge is 0.408 e. The van der Waals surface area contributed by atoms with Gasteiger partial charge in [-0.05, 0) is 92.1 Å². The molecule has 2 aliphatic carbocycles. The normalized spacial score (nSPS) is 24.4. The number of fused-ring (bicyclic) bond motifs is 2. The van der Waals surface area contributed by atoms with Crippen molar-refractivity contribution in [2.24, 2.45) is 40.2 Å². The number of carbonyl (C=O) groups excluding carboxylic acids is 5. The number of amides is 3. The maximum Gasteiger partial charge on any atom is 0.408 e. The average Bonchev–Trinajstić information content (AvgIpc) is 3.96. The molecule has 2 saturated carbocycles. The predicted molar refractivity (Wildman–Crippen MR) is 232 cm³/mol. The Morgan fingerprint density at radius 3 is 1.45 bits per heavy atom. The molecule has 2 aromatic rings. The standard InChI is InChI=1S/C26H38N2O5.C21H30N2O3.ClH/c1-25(2,3)21(27-24(31)33-26(4,5)6)22(29)28-15-18-13-10-14-19(18)20(28)23(30)32-16-17-11-8-7-9-12-17;1-21(2,3)18(22)19(24)23-12-15-10-7-11-16(15)17(23)20(25)26-13-14-8-5-4-6-9-14;/h7-9,11-12,18-21H,10,13-16H2,1-6H3,(H,27,31);4-6,8-9,15-18H,7,10-13,22H2,1-3H3;1H/t18-,19-,20-,21+;15-,16-,17-,18+;/m00./s1. The van der Waals surface area contributed by atoms with Crippen molar-refractivity contribution in [2.45, 2.75) is 144 Å². The van der Waals surface area contributed by atoms with Gasteiger partial charge >= 0.3 is 18.0 Å². The van der Waals surface area contributed by atoms with Crippen molar-refractivity contribution in [2.75, 3.05) is 13.1 Å². The first-order chi connectivity index (χ1) is 27.7. The third-order valence-electron chi connectivity index (χ3n) is 12.3.